The molecule has 0 saturated heterocycles. The highest BCUT2D eigenvalue weighted by Gasteiger charge is 2.28. The molecule has 1 aliphatic rings. The van der Waals surface area contributed by atoms with Gasteiger partial charge in [0, 0.05) is 17.5 Å². The van der Waals surface area contributed by atoms with Crippen molar-refractivity contribution in [3.8, 4) is 0 Å². The van der Waals surface area contributed by atoms with E-state index < -0.39 is 0 Å². The highest BCUT2D eigenvalue weighted by molar-refractivity contribution is 7.98. The number of nitrogen functional groups attached to an aromatic ring is 1. The number of rotatable bonds is 4. The first-order valence-electron chi connectivity index (χ1n) is 5.99. The molecule has 1 fully saturated rings. The number of halogens is 1. The summed E-state index contributed by atoms with van der Waals surface area (Å²) >= 11 is 1.35. The topological polar surface area (TPSA) is 76.7 Å². The summed E-state index contributed by atoms with van der Waals surface area (Å²) in [6.45, 7) is 0. The van der Waals surface area contributed by atoms with Crippen molar-refractivity contribution in [2.45, 2.75) is 29.8 Å². The fourth-order valence-corrected chi connectivity index (χ4v) is 2.87. The third-order valence-corrected chi connectivity index (χ3v) is 4.02. The van der Waals surface area contributed by atoms with Gasteiger partial charge in [0.05, 0.1) is 0 Å². The molecule has 1 aromatic heterocycles. The lowest BCUT2D eigenvalue weighted by Gasteiger charge is -2.05. The number of hydrogen-bond donors (Lipinski definition) is 2. The van der Waals surface area contributed by atoms with Crippen LogP contribution in [0.4, 0.5) is 10.1 Å². The minimum absolute atomic E-state index is 0.192. The number of aromatic nitrogens is 3. The number of thioether (sulfide) groups is 1. The molecule has 2 aromatic rings. The molecule has 0 unspecified atom stereocenters. The molecule has 1 heterocycles. The van der Waals surface area contributed by atoms with Crippen molar-refractivity contribution in [2.75, 3.05) is 5.73 Å². The molecule has 0 atom stereocenters. The van der Waals surface area contributed by atoms with E-state index in [4.69, 9.17) is 5.73 Å². The Labute approximate surface area is 113 Å². The number of aromatic amines is 1. The van der Waals surface area contributed by atoms with Crippen LogP contribution in [0.25, 0.3) is 0 Å². The molecule has 1 aromatic carbocycles. The van der Waals surface area contributed by atoms with E-state index in [2.05, 4.69) is 10.2 Å². The lowest BCUT2D eigenvalue weighted by Crippen LogP contribution is -2.16. The Hall–Kier alpha value is -1.76. The highest BCUT2D eigenvalue weighted by Crippen LogP contribution is 2.36. The van der Waals surface area contributed by atoms with Crippen molar-refractivity contribution < 1.29 is 4.39 Å². The number of benzene rings is 1. The van der Waals surface area contributed by atoms with Crippen LogP contribution in [0.15, 0.2) is 28.2 Å². The van der Waals surface area contributed by atoms with E-state index in [-0.39, 0.29) is 17.5 Å². The van der Waals surface area contributed by atoms with Crippen molar-refractivity contribution in [1.82, 2.24) is 14.8 Å². The Morgan fingerprint density at radius 1 is 1.53 bits per heavy atom. The van der Waals surface area contributed by atoms with Gasteiger partial charge in [-0.1, -0.05) is 17.8 Å². The number of anilines is 1. The van der Waals surface area contributed by atoms with Crippen molar-refractivity contribution in [2.24, 2.45) is 0 Å². The second-order valence-electron chi connectivity index (χ2n) is 4.55. The van der Waals surface area contributed by atoms with E-state index in [1.165, 1.54) is 17.8 Å². The minimum Gasteiger partial charge on any atom is -0.399 e. The van der Waals surface area contributed by atoms with Gasteiger partial charge in [-0.3, -0.25) is 4.57 Å². The van der Waals surface area contributed by atoms with Crippen LogP contribution < -0.4 is 11.4 Å². The van der Waals surface area contributed by atoms with Crippen LogP contribution >= 0.6 is 11.8 Å². The Morgan fingerprint density at radius 2 is 2.32 bits per heavy atom. The second kappa shape index (κ2) is 4.73. The number of H-pyrrole nitrogens is 1. The van der Waals surface area contributed by atoms with Crippen LogP contribution in [-0.2, 0) is 5.75 Å². The molecule has 7 heteroatoms. The van der Waals surface area contributed by atoms with Crippen LogP contribution in [-0.4, -0.2) is 14.8 Å². The van der Waals surface area contributed by atoms with Gasteiger partial charge in [0.1, 0.15) is 5.82 Å². The molecule has 19 heavy (non-hydrogen) atoms. The largest absolute Gasteiger partial charge is 0.399 e. The molecule has 3 N–H and O–H groups in total. The number of nitrogens with zero attached hydrogens (tertiary/aromatic N) is 2. The van der Waals surface area contributed by atoms with Crippen LogP contribution in [0, 0.1) is 5.82 Å². The zero-order valence-electron chi connectivity index (χ0n) is 10.1. The summed E-state index contributed by atoms with van der Waals surface area (Å²) in [5.74, 6) is 0.0895. The smallest absolute Gasteiger partial charge is 0.344 e. The fourth-order valence-electron chi connectivity index (χ4n) is 1.87. The standard InChI is InChI=1S/C12H13FN4OS/c13-10-5-8(14)2-1-7(10)6-19-12-16-15-11(18)17(12)9-3-4-9/h1-2,5,9H,3-4,6,14H2,(H,15,18). The maximum Gasteiger partial charge on any atom is 0.344 e. The first kappa shape index (κ1) is 12.3. The quantitative estimate of drug-likeness (QED) is 0.662. The predicted molar refractivity (Wildman–Crippen MR) is 71.5 cm³/mol. The maximum atomic E-state index is 13.6. The molecule has 5 nitrogen and oxygen atoms in total. The van der Waals surface area contributed by atoms with E-state index in [1.807, 2.05) is 0 Å². The van der Waals surface area contributed by atoms with Crippen LogP contribution in [0.1, 0.15) is 24.4 Å². The van der Waals surface area contributed by atoms with Crippen molar-refractivity contribution >= 4 is 17.4 Å². The molecule has 1 aliphatic carbocycles. The Morgan fingerprint density at radius 3 is 3.00 bits per heavy atom. The average molecular weight is 280 g/mol. The zero-order valence-corrected chi connectivity index (χ0v) is 10.9. The summed E-state index contributed by atoms with van der Waals surface area (Å²) < 4.78 is 15.3. The summed E-state index contributed by atoms with van der Waals surface area (Å²) in [6.07, 6.45) is 2.01. The van der Waals surface area contributed by atoms with Crippen LogP contribution in [0.2, 0.25) is 0 Å². The summed E-state index contributed by atoms with van der Waals surface area (Å²) in [7, 11) is 0. The van der Waals surface area contributed by atoms with E-state index >= 15 is 0 Å². The molecule has 0 aliphatic heterocycles. The average Bonchev–Trinajstić information content (AvgIpc) is 3.13. The van der Waals surface area contributed by atoms with Crippen molar-refractivity contribution in [3.05, 3.63) is 40.1 Å². The fraction of sp³-hybridized carbons (Fsp3) is 0.333. The Kier molecular flexibility index (Phi) is 3.06. The van der Waals surface area contributed by atoms with Gasteiger partial charge in [-0.15, -0.1) is 5.10 Å². The van der Waals surface area contributed by atoms with Gasteiger partial charge in [-0.25, -0.2) is 14.3 Å². The Balaban J connectivity index is 1.77. The number of nitrogens with two attached hydrogens (primary N) is 1. The third-order valence-electron chi connectivity index (χ3n) is 3.02. The molecule has 0 radical (unpaired) electrons. The molecule has 0 bridgehead atoms. The Bertz CT molecular complexity index is 662. The number of hydrogen-bond acceptors (Lipinski definition) is 4. The molecule has 0 spiro atoms. The van der Waals surface area contributed by atoms with Gasteiger partial charge in [-0.05, 0) is 30.5 Å². The first-order valence-corrected chi connectivity index (χ1v) is 6.97. The summed E-state index contributed by atoms with van der Waals surface area (Å²) in [5, 5.41) is 7.04. The van der Waals surface area contributed by atoms with E-state index in [0.717, 1.165) is 12.8 Å². The third kappa shape index (κ3) is 2.51. The monoisotopic (exact) mass is 280 g/mol. The van der Waals surface area contributed by atoms with Gasteiger partial charge < -0.3 is 5.73 Å². The molecular weight excluding hydrogens is 267 g/mol. The van der Waals surface area contributed by atoms with Gasteiger partial charge in [0.15, 0.2) is 5.16 Å². The second-order valence-corrected chi connectivity index (χ2v) is 5.49. The van der Waals surface area contributed by atoms with Gasteiger partial charge in [-0.2, -0.15) is 0 Å². The van der Waals surface area contributed by atoms with E-state index in [9.17, 15) is 9.18 Å². The zero-order chi connectivity index (χ0) is 13.4. The molecule has 100 valence electrons. The van der Waals surface area contributed by atoms with E-state index in [1.54, 1.807) is 16.7 Å². The molecule has 0 amide bonds. The predicted octanol–water partition coefficient (Wildman–Crippen LogP) is 1.92. The maximum absolute atomic E-state index is 13.6. The number of nitrogens with one attached hydrogen (secondary N) is 1. The van der Waals surface area contributed by atoms with Crippen molar-refractivity contribution in [1.29, 1.82) is 0 Å². The summed E-state index contributed by atoms with van der Waals surface area (Å²) in [6, 6.07) is 4.88. The van der Waals surface area contributed by atoms with Gasteiger partial charge in [0.25, 0.3) is 0 Å². The first-order chi connectivity index (χ1) is 9.15. The van der Waals surface area contributed by atoms with E-state index in [0.29, 0.717) is 22.2 Å². The minimum atomic E-state index is -0.330. The SMILES string of the molecule is Nc1ccc(CSc2n[nH]c(=O)n2C2CC2)c(F)c1. The lowest BCUT2D eigenvalue weighted by atomic mass is 10.2. The van der Waals surface area contributed by atoms with Crippen LogP contribution in [0.5, 0.6) is 0 Å². The van der Waals surface area contributed by atoms with Crippen molar-refractivity contribution in [3.63, 3.8) is 0 Å². The normalized spacial score (nSPS) is 14.8. The molecular formula is C12H13FN4OS. The summed E-state index contributed by atoms with van der Waals surface area (Å²) in [4.78, 5) is 11.6. The van der Waals surface area contributed by atoms with Gasteiger partial charge in [0.2, 0.25) is 0 Å². The molecule has 3 rings (SSSR count). The highest BCUT2D eigenvalue weighted by atomic mass is 32.2. The lowest BCUT2D eigenvalue weighted by molar-refractivity contribution is 0.617. The van der Waals surface area contributed by atoms with Crippen LogP contribution in [0.3, 0.4) is 0 Å². The van der Waals surface area contributed by atoms with Gasteiger partial charge >= 0.3 is 5.69 Å². The molecule has 1 saturated carbocycles. The summed E-state index contributed by atoms with van der Waals surface area (Å²) in [5.41, 5.74) is 6.27.